The number of esters is 1. The van der Waals surface area contributed by atoms with Crippen LogP contribution in [0.4, 0.5) is 4.39 Å². The van der Waals surface area contributed by atoms with Crippen LogP contribution in [0, 0.1) is 11.7 Å². The molecule has 2 rings (SSSR count). The van der Waals surface area contributed by atoms with E-state index in [9.17, 15) is 14.0 Å². The molecule has 1 atom stereocenters. The maximum atomic E-state index is 13.7. The molecule has 1 saturated heterocycles. The second kappa shape index (κ2) is 7.24. The number of nitrogens with zero attached hydrogens (tertiary/aromatic N) is 1. The highest BCUT2D eigenvalue weighted by Crippen LogP contribution is 2.22. The smallest absolute Gasteiger partial charge is 0.310 e. The summed E-state index contributed by atoms with van der Waals surface area (Å²) >= 11 is 0. The zero-order valence-electron chi connectivity index (χ0n) is 12.8. The average molecular weight is 309 g/mol. The van der Waals surface area contributed by atoms with Crippen molar-refractivity contribution in [1.29, 1.82) is 0 Å². The lowest BCUT2D eigenvalue weighted by atomic mass is 9.97. The molecule has 1 heterocycles. The van der Waals surface area contributed by atoms with E-state index in [2.05, 4.69) is 0 Å². The van der Waals surface area contributed by atoms with Gasteiger partial charge in [0.15, 0.2) is 11.6 Å². The number of hydrogen-bond acceptors (Lipinski definition) is 4. The zero-order valence-corrected chi connectivity index (χ0v) is 12.8. The summed E-state index contributed by atoms with van der Waals surface area (Å²) in [5.74, 6) is -1.34. The fourth-order valence-electron chi connectivity index (χ4n) is 2.60. The van der Waals surface area contributed by atoms with Crippen molar-refractivity contribution >= 4 is 11.9 Å². The molecule has 0 aromatic heterocycles. The van der Waals surface area contributed by atoms with E-state index in [0.29, 0.717) is 26.1 Å². The SMILES string of the molecule is CCOC(=O)C1CCCN(C(=O)c2ccc(OC)c(F)c2)C1. The minimum absolute atomic E-state index is 0.0968. The topological polar surface area (TPSA) is 55.8 Å². The number of amides is 1. The molecule has 5 nitrogen and oxygen atoms in total. The van der Waals surface area contributed by atoms with Crippen LogP contribution in [0.1, 0.15) is 30.1 Å². The first-order chi connectivity index (χ1) is 10.6. The largest absolute Gasteiger partial charge is 0.494 e. The van der Waals surface area contributed by atoms with Crippen molar-refractivity contribution in [2.45, 2.75) is 19.8 Å². The monoisotopic (exact) mass is 309 g/mol. The van der Waals surface area contributed by atoms with Crippen LogP contribution in [0.25, 0.3) is 0 Å². The van der Waals surface area contributed by atoms with Crippen LogP contribution in [0.2, 0.25) is 0 Å². The number of methoxy groups -OCH3 is 1. The molecule has 1 fully saturated rings. The van der Waals surface area contributed by atoms with Crippen LogP contribution in [0.15, 0.2) is 18.2 Å². The number of benzene rings is 1. The summed E-state index contributed by atoms with van der Waals surface area (Å²) in [6.07, 6.45) is 1.44. The van der Waals surface area contributed by atoms with Crippen molar-refractivity contribution in [2.75, 3.05) is 26.8 Å². The molecule has 0 bridgehead atoms. The Morgan fingerprint density at radius 3 is 2.82 bits per heavy atom. The lowest BCUT2D eigenvalue weighted by Gasteiger charge is -2.31. The van der Waals surface area contributed by atoms with Gasteiger partial charge in [0.25, 0.3) is 5.91 Å². The first-order valence-electron chi connectivity index (χ1n) is 7.36. The van der Waals surface area contributed by atoms with Crippen molar-refractivity contribution in [3.63, 3.8) is 0 Å². The zero-order chi connectivity index (χ0) is 16.1. The van der Waals surface area contributed by atoms with E-state index in [-0.39, 0.29) is 29.1 Å². The predicted octanol–water partition coefficient (Wildman–Crippen LogP) is 2.25. The molecule has 0 radical (unpaired) electrons. The van der Waals surface area contributed by atoms with E-state index in [1.807, 2.05) is 0 Å². The van der Waals surface area contributed by atoms with E-state index in [1.165, 1.54) is 19.2 Å². The van der Waals surface area contributed by atoms with Gasteiger partial charge in [0.2, 0.25) is 0 Å². The molecule has 1 amide bonds. The number of carbonyl (C=O) groups is 2. The molecular weight excluding hydrogens is 289 g/mol. The number of carbonyl (C=O) groups excluding carboxylic acids is 2. The molecule has 0 spiro atoms. The van der Waals surface area contributed by atoms with Gasteiger partial charge >= 0.3 is 5.97 Å². The minimum atomic E-state index is -0.577. The van der Waals surface area contributed by atoms with E-state index < -0.39 is 5.82 Å². The molecule has 1 aliphatic heterocycles. The van der Waals surface area contributed by atoms with Crippen LogP contribution in [0.5, 0.6) is 5.75 Å². The van der Waals surface area contributed by atoms with Crippen molar-refractivity contribution in [2.24, 2.45) is 5.92 Å². The van der Waals surface area contributed by atoms with Crippen molar-refractivity contribution in [3.8, 4) is 5.75 Å². The number of rotatable bonds is 4. The van der Waals surface area contributed by atoms with Gasteiger partial charge in [0, 0.05) is 18.7 Å². The molecular formula is C16H20FNO4. The van der Waals surface area contributed by atoms with E-state index >= 15 is 0 Å². The number of ether oxygens (including phenoxy) is 2. The Labute approximate surface area is 129 Å². The lowest BCUT2D eigenvalue weighted by Crippen LogP contribution is -2.42. The fourth-order valence-corrected chi connectivity index (χ4v) is 2.60. The number of likely N-dealkylation sites (tertiary alicyclic amines) is 1. The van der Waals surface area contributed by atoms with Crippen LogP contribution < -0.4 is 4.74 Å². The van der Waals surface area contributed by atoms with Crippen LogP contribution >= 0.6 is 0 Å². The summed E-state index contributed by atoms with van der Waals surface area (Å²) in [5, 5.41) is 0. The molecule has 1 aromatic rings. The Kier molecular flexibility index (Phi) is 5.35. The number of halogens is 1. The van der Waals surface area contributed by atoms with E-state index in [4.69, 9.17) is 9.47 Å². The van der Waals surface area contributed by atoms with Gasteiger partial charge in [0.05, 0.1) is 19.6 Å². The van der Waals surface area contributed by atoms with Crippen molar-refractivity contribution in [3.05, 3.63) is 29.6 Å². The summed E-state index contributed by atoms with van der Waals surface area (Å²) in [5.41, 5.74) is 0.253. The molecule has 22 heavy (non-hydrogen) atoms. The Bertz CT molecular complexity index is 561. The third-order valence-electron chi connectivity index (χ3n) is 3.73. The Morgan fingerprint density at radius 1 is 1.41 bits per heavy atom. The number of hydrogen-bond donors (Lipinski definition) is 0. The third-order valence-corrected chi connectivity index (χ3v) is 3.73. The first kappa shape index (κ1) is 16.3. The molecule has 0 N–H and O–H groups in total. The van der Waals surface area contributed by atoms with Gasteiger partial charge in [-0.25, -0.2) is 4.39 Å². The maximum absolute atomic E-state index is 13.7. The molecule has 1 aliphatic rings. The molecule has 6 heteroatoms. The first-order valence-corrected chi connectivity index (χ1v) is 7.36. The van der Waals surface area contributed by atoms with Crippen molar-refractivity contribution in [1.82, 2.24) is 4.90 Å². The fraction of sp³-hybridized carbons (Fsp3) is 0.500. The second-order valence-corrected chi connectivity index (χ2v) is 5.19. The lowest BCUT2D eigenvalue weighted by molar-refractivity contribution is -0.149. The Hall–Kier alpha value is -2.11. The summed E-state index contributed by atoms with van der Waals surface area (Å²) in [7, 11) is 1.37. The second-order valence-electron chi connectivity index (χ2n) is 5.19. The van der Waals surface area contributed by atoms with Gasteiger partial charge in [-0.15, -0.1) is 0 Å². The highest BCUT2D eigenvalue weighted by molar-refractivity contribution is 5.94. The van der Waals surface area contributed by atoms with Gasteiger partial charge in [-0.05, 0) is 38.0 Å². The van der Waals surface area contributed by atoms with Gasteiger partial charge < -0.3 is 14.4 Å². The maximum Gasteiger partial charge on any atom is 0.310 e. The third kappa shape index (κ3) is 3.55. The normalized spacial score (nSPS) is 18.0. The molecule has 0 saturated carbocycles. The van der Waals surface area contributed by atoms with Crippen LogP contribution in [-0.2, 0) is 9.53 Å². The van der Waals surface area contributed by atoms with Gasteiger partial charge in [0.1, 0.15) is 0 Å². The molecule has 1 aromatic carbocycles. The van der Waals surface area contributed by atoms with Crippen LogP contribution in [0.3, 0.4) is 0 Å². The predicted molar refractivity (Wildman–Crippen MR) is 78.2 cm³/mol. The van der Waals surface area contributed by atoms with Crippen LogP contribution in [-0.4, -0.2) is 43.6 Å². The number of piperidine rings is 1. The van der Waals surface area contributed by atoms with E-state index in [1.54, 1.807) is 11.8 Å². The van der Waals surface area contributed by atoms with Gasteiger partial charge in [-0.1, -0.05) is 0 Å². The summed E-state index contributed by atoms with van der Waals surface area (Å²) in [6.45, 7) is 2.95. The highest BCUT2D eigenvalue weighted by Gasteiger charge is 2.30. The van der Waals surface area contributed by atoms with Gasteiger partial charge in [-0.3, -0.25) is 9.59 Å². The minimum Gasteiger partial charge on any atom is -0.494 e. The quantitative estimate of drug-likeness (QED) is 0.801. The molecule has 120 valence electrons. The van der Waals surface area contributed by atoms with Crippen molar-refractivity contribution < 1.29 is 23.5 Å². The standard InChI is InChI=1S/C16H20FNO4/c1-3-22-16(20)12-5-4-8-18(10-12)15(19)11-6-7-14(21-2)13(17)9-11/h6-7,9,12H,3-5,8,10H2,1-2H3. The highest BCUT2D eigenvalue weighted by atomic mass is 19.1. The Balaban J connectivity index is 2.08. The Morgan fingerprint density at radius 2 is 2.18 bits per heavy atom. The summed E-state index contributed by atoms with van der Waals surface area (Å²) in [4.78, 5) is 25.8. The summed E-state index contributed by atoms with van der Waals surface area (Å²) < 4.78 is 23.6. The van der Waals surface area contributed by atoms with E-state index in [0.717, 1.165) is 12.5 Å². The molecule has 1 unspecified atom stereocenters. The summed E-state index contributed by atoms with van der Waals surface area (Å²) in [6, 6.07) is 4.11. The average Bonchev–Trinajstić information content (AvgIpc) is 2.54. The molecule has 0 aliphatic carbocycles. The van der Waals surface area contributed by atoms with Gasteiger partial charge in [-0.2, -0.15) is 0 Å².